The van der Waals surface area contributed by atoms with E-state index in [-0.39, 0.29) is 0 Å². The van der Waals surface area contributed by atoms with Gasteiger partial charge in [-0.1, -0.05) is 23.8 Å². The van der Waals surface area contributed by atoms with E-state index in [0.717, 1.165) is 16.2 Å². The summed E-state index contributed by atoms with van der Waals surface area (Å²) in [5.41, 5.74) is 3.79. The highest BCUT2D eigenvalue weighted by Gasteiger charge is 2.11. The lowest BCUT2D eigenvalue weighted by Crippen LogP contribution is -2.03. The molecule has 0 saturated heterocycles. The fourth-order valence-corrected chi connectivity index (χ4v) is 3.50. The average molecular weight is 311 g/mol. The number of benzene rings is 1. The Morgan fingerprint density at radius 3 is 2.76 bits per heavy atom. The largest absolute Gasteiger partial charge is 0.315 e. The van der Waals surface area contributed by atoms with Gasteiger partial charge < -0.3 is 5.32 Å². The molecule has 2 aromatic rings. The molecule has 0 fully saturated rings. The van der Waals surface area contributed by atoms with Gasteiger partial charge in [0.25, 0.3) is 0 Å². The van der Waals surface area contributed by atoms with Crippen LogP contribution >= 0.6 is 27.3 Å². The van der Waals surface area contributed by atoms with Crippen LogP contribution in [0.2, 0.25) is 0 Å². The molecule has 1 N–H and O–H groups in total. The number of halogens is 1. The Labute approximate surface area is 114 Å². The Kier molecular flexibility index (Phi) is 3.97. The number of hydrogen-bond donors (Lipinski definition) is 1. The number of hydrogen-bond acceptors (Lipinski definition) is 3. The molecule has 2 nitrogen and oxygen atoms in total. The summed E-state index contributed by atoms with van der Waals surface area (Å²) in [6, 6.07) is 6.48. The molecule has 0 bridgehead atoms. The molecule has 4 heteroatoms. The van der Waals surface area contributed by atoms with Gasteiger partial charge in [-0.05, 0) is 42.4 Å². The van der Waals surface area contributed by atoms with E-state index in [0.29, 0.717) is 0 Å². The van der Waals surface area contributed by atoms with Crippen LogP contribution in [0.1, 0.15) is 16.0 Å². The van der Waals surface area contributed by atoms with Crippen molar-refractivity contribution >= 4 is 27.3 Å². The highest BCUT2D eigenvalue weighted by atomic mass is 79.9. The van der Waals surface area contributed by atoms with Crippen molar-refractivity contribution in [2.24, 2.45) is 0 Å². The molecule has 0 aliphatic carbocycles. The van der Waals surface area contributed by atoms with Gasteiger partial charge in [-0.2, -0.15) is 0 Å². The molecule has 2 rings (SSSR count). The standard InChI is InChI=1S/C13H15BrN2S/c1-8-4-5-10(9(2)6-8)13-16-12(14)11(17-13)7-15-3/h4-6,15H,7H2,1-3H3. The van der Waals surface area contributed by atoms with Crippen molar-refractivity contribution < 1.29 is 0 Å². The third-order valence-corrected chi connectivity index (χ3v) is 4.61. The van der Waals surface area contributed by atoms with E-state index >= 15 is 0 Å². The molecule has 0 amide bonds. The van der Waals surface area contributed by atoms with Crippen LogP contribution in [0.15, 0.2) is 22.8 Å². The fraction of sp³-hybridized carbons (Fsp3) is 0.308. The third-order valence-electron chi connectivity index (χ3n) is 2.60. The molecule has 1 aromatic heterocycles. The first-order chi connectivity index (χ1) is 8.11. The molecular formula is C13H15BrN2S. The van der Waals surface area contributed by atoms with Crippen molar-refractivity contribution in [3.63, 3.8) is 0 Å². The molecule has 90 valence electrons. The first-order valence-electron chi connectivity index (χ1n) is 5.49. The lowest BCUT2D eigenvalue weighted by Gasteiger charge is -2.02. The first-order valence-corrected chi connectivity index (χ1v) is 7.10. The minimum atomic E-state index is 0.850. The quantitative estimate of drug-likeness (QED) is 0.929. The molecule has 17 heavy (non-hydrogen) atoms. The van der Waals surface area contributed by atoms with E-state index in [1.165, 1.54) is 21.6 Å². The SMILES string of the molecule is CNCc1sc(-c2ccc(C)cc2C)nc1Br. The van der Waals surface area contributed by atoms with Crippen LogP contribution in [0.25, 0.3) is 10.6 Å². The summed E-state index contributed by atoms with van der Waals surface area (Å²) in [4.78, 5) is 5.82. The second-order valence-electron chi connectivity index (χ2n) is 4.08. The summed E-state index contributed by atoms with van der Waals surface area (Å²) >= 11 is 5.25. The summed E-state index contributed by atoms with van der Waals surface area (Å²) in [5, 5.41) is 4.24. The zero-order chi connectivity index (χ0) is 12.4. The van der Waals surface area contributed by atoms with Crippen LogP contribution < -0.4 is 5.32 Å². The van der Waals surface area contributed by atoms with Gasteiger partial charge in [-0.15, -0.1) is 11.3 Å². The minimum Gasteiger partial charge on any atom is -0.315 e. The predicted octanol–water partition coefficient (Wildman–Crippen LogP) is 3.91. The van der Waals surface area contributed by atoms with Crippen LogP contribution in [-0.2, 0) is 6.54 Å². The van der Waals surface area contributed by atoms with Gasteiger partial charge in [0.15, 0.2) is 0 Å². The minimum absolute atomic E-state index is 0.850. The van der Waals surface area contributed by atoms with E-state index in [9.17, 15) is 0 Å². The van der Waals surface area contributed by atoms with Crippen LogP contribution in [0.5, 0.6) is 0 Å². The van der Waals surface area contributed by atoms with Crippen LogP contribution in [0, 0.1) is 13.8 Å². The molecule has 0 aliphatic heterocycles. The average Bonchev–Trinajstić information content (AvgIpc) is 2.60. The molecule has 1 aromatic carbocycles. The Bertz CT molecular complexity index is 534. The van der Waals surface area contributed by atoms with Gasteiger partial charge in [0.05, 0.1) is 4.88 Å². The molecule has 1 heterocycles. The maximum absolute atomic E-state index is 4.59. The molecule has 0 saturated carbocycles. The van der Waals surface area contributed by atoms with Crippen molar-refractivity contribution in [3.8, 4) is 10.6 Å². The zero-order valence-electron chi connectivity index (χ0n) is 10.2. The second kappa shape index (κ2) is 5.29. The number of rotatable bonds is 3. The predicted molar refractivity (Wildman–Crippen MR) is 77.5 cm³/mol. The molecule has 0 atom stereocenters. The van der Waals surface area contributed by atoms with E-state index in [1.54, 1.807) is 11.3 Å². The van der Waals surface area contributed by atoms with Crippen molar-refractivity contribution in [3.05, 3.63) is 38.8 Å². The van der Waals surface area contributed by atoms with E-state index in [2.05, 4.69) is 58.3 Å². The molecule has 0 unspecified atom stereocenters. The van der Waals surface area contributed by atoms with Crippen molar-refractivity contribution in [2.45, 2.75) is 20.4 Å². The van der Waals surface area contributed by atoms with E-state index in [1.807, 2.05) is 7.05 Å². The molecule has 0 spiro atoms. The smallest absolute Gasteiger partial charge is 0.125 e. The summed E-state index contributed by atoms with van der Waals surface area (Å²) in [5.74, 6) is 0. The van der Waals surface area contributed by atoms with E-state index < -0.39 is 0 Å². The number of nitrogens with zero attached hydrogens (tertiary/aromatic N) is 1. The Hall–Kier alpha value is -0.710. The fourth-order valence-electron chi connectivity index (χ4n) is 1.77. The topological polar surface area (TPSA) is 24.9 Å². The van der Waals surface area contributed by atoms with Crippen LogP contribution in [-0.4, -0.2) is 12.0 Å². The van der Waals surface area contributed by atoms with Crippen molar-refractivity contribution in [1.29, 1.82) is 0 Å². The Morgan fingerprint density at radius 2 is 2.12 bits per heavy atom. The normalized spacial score (nSPS) is 10.8. The van der Waals surface area contributed by atoms with Crippen LogP contribution in [0.4, 0.5) is 0 Å². The zero-order valence-corrected chi connectivity index (χ0v) is 12.6. The van der Waals surface area contributed by atoms with E-state index in [4.69, 9.17) is 0 Å². The van der Waals surface area contributed by atoms with Gasteiger partial charge in [0.1, 0.15) is 9.61 Å². The lowest BCUT2D eigenvalue weighted by atomic mass is 10.1. The number of aromatic nitrogens is 1. The van der Waals surface area contributed by atoms with Gasteiger partial charge in [0, 0.05) is 12.1 Å². The van der Waals surface area contributed by atoms with Gasteiger partial charge in [-0.3, -0.25) is 0 Å². The molecule has 0 aliphatic rings. The lowest BCUT2D eigenvalue weighted by molar-refractivity contribution is 0.825. The third kappa shape index (κ3) is 2.76. The van der Waals surface area contributed by atoms with Gasteiger partial charge >= 0.3 is 0 Å². The van der Waals surface area contributed by atoms with Gasteiger partial charge in [0.2, 0.25) is 0 Å². The maximum Gasteiger partial charge on any atom is 0.125 e. The van der Waals surface area contributed by atoms with Gasteiger partial charge in [-0.25, -0.2) is 4.98 Å². The summed E-state index contributed by atoms with van der Waals surface area (Å²) in [6.45, 7) is 5.10. The Balaban J connectivity index is 2.42. The number of aryl methyl sites for hydroxylation is 2. The summed E-state index contributed by atoms with van der Waals surface area (Å²) < 4.78 is 0.951. The van der Waals surface area contributed by atoms with Crippen molar-refractivity contribution in [2.75, 3.05) is 7.05 Å². The second-order valence-corrected chi connectivity index (χ2v) is 5.92. The monoisotopic (exact) mass is 310 g/mol. The molecular weight excluding hydrogens is 296 g/mol. The highest BCUT2D eigenvalue weighted by molar-refractivity contribution is 9.10. The summed E-state index contributed by atoms with van der Waals surface area (Å²) in [6.07, 6.45) is 0. The number of nitrogens with one attached hydrogen (secondary N) is 1. The maximum atomic E-state index is 4.59. The molecule has 0 radical (unpaired) electrons. The summed E-state index contributed by atoms with van der Waals surface area (Å²) in [7, 11) is 1.95. The van der Waals surface area contributed by atoms with Crippen molar-refractivity contribution in [1.82, 2.24) is 10.3 Å². The highest BCUT2D eigenvalue weighted by Crippen LogP contribution is 2.33. The Morgan fingerprint density at radius 1 is 1.35 bits per heavy atom. The van der Waals surface area contributed by atoms with Crippen LogP contribution in [0.3, 0.4) is 0 Å². The number of thiazole rings is 1. The first kappa shape index (κ1) is 12.7.